The zero-order chi connectivity index (χ0) is 24.0. The zero-order valence-corrected chi connectivity index (χ0v) is 20.7. The van der Waals surface area contributed by atoms with Gasteiger partial charge in [0.2, 0.25) is 5.75 Å². The van der Waals surface area contributed by atoms with Gasteiger partial charge < -0.3 is 24.8 Å². The summed E-state index contributed by atoms with van der Waals surface area (Å²) >= 11 is 1.64. The Morgan fingerprint density at radius 3 is 2.27 bits per heavy atom. The van der Waals surface area contributed by atoms with Gasteiger partial charge in [-0.1, -0.05) is 43.8 Å². The molecule has 0 spiro atoms. The molecule has 176 valence electrons. The number of methoxy groups -OCH3 is 3. The summed E-state index contributed by atoms with van der Waals surface area (Å²) in [7, 11) is 4.70. The highest BCUT2D eigenvalue weighted by Gasteiger charge is 2.31. The average molecular weight is 470 g/mol. The topological polar surface area (TPSA) is 81.2 Å². The van der Waals surface area contributed by atoms with Crippen molar-refractivity contribution in [3.05, 3.63) is 59.3 Å². The molecule has 1 atom stereocenters. The van der Waals surface area contributed by atoms with Crippen LogP contribution in [0.15, 0.2) is 58.7 Å². The number of nitrogens with zero attached hydrogens (tertiary/aromatic N) is 1. The highest BCUT2D eigenvalue weighted by molar-refractivity contribution is 8.13. The molecule has 0 unspecified atom stereocenters. The number of ether oxygens (including phenoxy) is 3. The monoisotopic (exact) mass is 469 g/mol. The van der Waals surface area contributed by atoms with Crippen LogP contribution >= 0.6 is 11.8 Å². The number of nitrogens with one attached hydrogen (secondary N) is 2. The van der Waals surface area contributed by atoms with E-state index in [1.807, 2.05) is 49.4 Å². The van der Waals surface area contributed by atoms with Gasteiger partial charge in [0.25, 0.3) is 5.91 Å². The number of amides is 1. The number of benzene rings is 2. The Labute approximate surface area is 199 Å². The van der Waals surface area contributed by atoms with Gasteiger partial charge in [-0.05, 0) is 42.7 Å². The fraction of sp³-hybridized carbons (Fsp3) is 0.360. The summed E-state index contributed by atoms with van der Waals surface area (Å²) in [4.78, 5) is 18.3. The van der Waals surface area contributed by atoms with Crippen molar-refractivity contribution in [1.82, 2.24) is 5.32 Å². The number of carbonyl (C=O) groups is 1. The molecule has 3 rings (SSSR count). The Bertz CT molecular complexity index is 1030. The van der Waals surface area contributed by atoms with Crippen molar-refractivity contribution >= 4 is 28.5 Å². The van der Waals surface area contributed by atoms with Gasteiger partial charge in [0.1, 0.15) is 6.04 Å². The first-order valence-corrected chi connectivity index (χ1v) is 11.7. The van der Waals surface area contributed by atoms with Crippen LogP contribution in [0.1, 0.15) is 32.4 Å². The van der Waals surface area contributed by atoms with E-state index < -0.39 is 6.04 Å². The van der Waals surface area contributed by atoms with Crippen molar-refractivity contribution in [1.29, 1.82) is 0 Å². The third kappa shape index (κ3) is 5.82. The Kier molecular flexibility index (Phi) is 8.27. The standard InChI is InChI=1S/C25H31N3O4S/c1-15(2)14-33-25-26-16(3)21(24(29)27-18-10-8-7-9-11-18)22(28-25)17-12-19(30-4)23(32-6)20(13-17)31-5/h7-13,15,22H,14H2,1-6H3,(H,26,28)(H,27,29)/t22-/m1/s1. The van der Waals surface area contributed by atoms with Crippen LogP contribution in [0.25, 0.3) is 0 Å². The molecule has 1 aliphatic heterocycles. The Balaban J connectivity index is 2.06. The number of aliphatic imine (C=N–C) groups is 1. The van der Waals surface area contributed by atoms with Crippen LogP contribution in [0.3, 0.4) is 0 Å². The summed E-state index contributed by atoms with van der Waals surface area (Å²) in [5.74, 6) is 2.71. The summed E-state index contributed by atoms with van der Waals surface area (Å²) in [5, 5.41) is 7.07. The molecule has 2 N–H and O–H groups in total. The van der Waals surface area contributed by atoms with Gasteiger partial charge in [-0.15, -0.1) is 0 Å². The molecule has 1 aliphatic rings. The van der Waals surface area contributed by atoms with Crippen LogP contribution in [0.2, 0.25) is 0 Å². The van der Waals surface area contributed by atoms with Gasteiger partial charge in [-0.2, -0.15) is 0 Å². The summed E-state index contributed by atoms with van der Waals surface area (Å²) in [5.41, 5.74) is 2.77. The number of hydrogen-bond donors (Lipinski definition) is 2. The fourth-order valence-electron chi connectivity index (χ4n) is 3.48. The third-order valence-electron chi connectivity index (χ3n) is 5.05. The maximum absolute atomic E-state index is 13.4. The van der Waals surface area contributed by atoms with Gasteiger partial charge in [0.05, 0.1) is 26.9 Å². The summed E-state index contributed by atoms with van der Waals surface area (Å²) < 4.78 is 16.6. The lowest BCUT2D eigenvalue weighted by atomic mass is 9.95. The van der Waals surface area contributed by atoms with E-state index >= 15 is 0 Å². The molecule has 0 saturated heterocycles. The predicted octanol–water partition coefficient (Wildman–Crippen LogP) is 5.01. The Morgan fingerprint density at radius 1 is 1.09 bits per heavy atom. The molecule has 33 heavy (non-hydrogen) atoms. The largest absolute Gasteiger partial charge is 0.493 e. The molecular formula is C25H31N3O4S. The SMILES string of the molecule is COc1cc([C@H]2N=C(SCC(C)C)NC(C)=C2C(=O)Nc2ccccc2)cc(OC)c1OC. The van der Waals surface area contributed by atoms with Gasteiger partial charge in [0.15, 0.2) is 16.7 Å². The van der Waals surface area contributed by atoms with E-state index in [-0.39, 0.29) is 5.91 Å². The molecule has 0 aromatic heterocycles. The molecule has 8 heteroatoms. The summed E-state index contributed by atoms with van der Waals surface area (Å²) in [6, 6.07) is 12.5. The quantitative estimate of drug-likeness (QED) is 0.565. The lowest BCUT2D eigenvalue weighted by Crippen LogP contribution is -2.32. The van der Waals surface area contributed by atoms with Gasteiger partial charge >= 0.3 is 0 Å². The van der Waals surface area contributed by atoms with Crippen molar-refractivity contribution in [2.45, 2.75) is 26.8 Å². The van der Waals surface area contributed by atoms with Crippen molar-refractivity contribution in [2.75, 3.05) is 32.4 Å². The molecule has 0 saturated carbocycles. The normalized spacial score (nSPS) is 15.6. The number of carbonyl (C=O) groups excluding carboxylic acids is 1. The molecule has 0 aliphatic carbocycles. The zero-order valence-electron chi connectivity index (χ0n) is 19.9. The summed E-state index contributed by atoms with van der Waals surface area (Å²) in [6.45, 7) is 6.22. The van der Waals surface area contributed by atoms with Crippen LogP contribution < -0.4 is 24.8 Å². The van der Waals surface area contributed by atoms with Crippen LogP contribution in [-0.2, 0) is 4.79 Å². The second-order valence-electron chi connectivity index (χ2n) is 7.98. The number of amidine groups is 1. The fourth-order valence-corrected chi connectivity index (χ4v) is 4.38. The van der Waals surface area contributed by atoms with Crippen LogP contribution in [0, 0.1) is 5.92 Å². The first-order chi connectivity index (χ1) is 15.9. The molecule has 0 radical (unpaired) electrons. The van der Waals surface area contributed by atoms with Crippen LogP contribution in [-0.4, -0.2) is 38.2 Å². The van der Waals surface area contributed by atoms with Crippen molar-refractivity contribution in [3.63, 3.8) is 0 Å². The van der Waals surface area contributed by atoms with Crippen LogP contribution in [0.4, 0.5) is 5.69 Å². The van der Waals surface area contributed by atoms with E-state index in [4.69, 9.17) is 19.2 Å². The lowest BCUT2D eigenvalue weighted by molar-refractivity contribution is -0.113. The highest BCUT2D eigenvalue weighted by atomic mass is 32.2. The molecule has 2 aromatic rings. The second-order valence-corrected chi connectivity index (χ2v) is 8.99. The van der Waals surface area contributed by atoms with Crippen molar-refractivity contribution in [3.8, 4) is 17.2 Å². The van der Waals surface area contributed by atoms with E-state index in [2.05, 4.69) is 24.5 Å². The minimum atomic E-state index is -0.543. The maximum Gasteiger partial charge on any atom is 0.255 e. The molecule has 1 heterocycles. The highest BCUT2D eigenvalue weighted by Crippen LogP contribution is 2.43. The smallest absolute Gasteiger partial charge is 0.255 e. The number of para-hydroxylation sites is 1. The Morgan fingerprint density at radius 2 is 1.73 bits per heavy atom. The number of rotatable bonds is 8. The Hall–Kier alpha value is -3.13. The molecule has 0 fully saturated rings. The van der Waals surface area contributed by atoms with Crippen molar-refractivity contribution in [2.24, 2.45) is 10.9 Å². The van der Waals surface area contributed by atoms with E-state index in [1.54, 1.807) is 33.1 Å². The third-order valence-corrected chi connectivity index (χ3v) is 6.36. The first kappa shape index (κ1) is 24.5. The number of hydrogen-bond acceptors (Lipinski definition) is 7. The van der Waals surface area contributed by atoms with Gasteiger partial charge in [-0.25, -0.2) is 4.99 Å². The predicted molar refractivity (Wildman–Crippen MR) is 134 cm³/mol. The number of allylic oxidation sites excluding steroid dienone is 1. The maximum atomic E-state index is 13.4. The lowest BCUT2D eigenvalue weighted by Gasteiger charge is -2.27. The van der Waals surface area contributed by atoms with E-state index in [9.17, 15) is 4.79 Å². The van der Waals surface area contributed by atoms with Crippen molar-refractivity contribution < 1.29 is 19.0 Å². The van der Waals surface area contributed by atoms with E-state index in [0.29, 0.717) is 28.7 Å². The second kappa shape index (κ2) is 11.1. The molecule has 7 nitrogen and oxygen atoms in total. The molecule has 2 aromatic carbocycles. The first-order valence-electron chi connectivity index (χ1n) is 10.7. The minimum absolute atomic E-state index is 0.221. The molecular weight excluding hydrogens is 438 g/mol. The molecule has 1 amide bonds. The summed E-state index contributed by atoms with van der Waals surface area (Å²) in [6.07, 6.45) is 0. The number of anilines is 1. The molecule has 0 bridgehead atoms. The van der Waals surface area contributed by atoms with E-state index in [0.717, 1.165) is 27.9 Å². The van der Waals surface area contributed by atoms with Gasteiger partial charge in [0, 0.05) is 17.1 Å². The minimum Gasteiger partial charge on any atom is -0.493 e. The number of thioether (sulfide) groups is 1. The van der Waals surface area contributed by atoms with Gasteiger partial charge in [-0.3, -0.25) is 4.79 Å². The van der Waals surface area contributed by atoms with Crippen LogP contribution in [0.5, 0.6) is 17.2 Å². The van der Waals surface area contributed by atoms with E-state index in [1.165, 1.54) is 0 Å². The average Bonchev–Trinajstić information content (AvgIpc) is 2.81.